The summed E-state index contributed by atoms with van der Waals surface area (Å²) in [6.07, 6.45) is 6.31. The molecular weight excluding hydrogens is 444 g/mol. The minimum absolute atomic E-state index is 0.0574. The van der Waals surface area contributed by atoms with E-state index in [1.807, 2.05) is 12.1 Å². The molecule has 2 aromatic rings. The smallest absolute Gasteiger partial charge is 0.142 e. The molecule has 2 heterocycles. The maximum atomic E-state index is 6.52. The van der Waals surface area contributed by atoms with Crippen molar-refractivity contribution in [3.05, 3.63) is 53.6 Å². The second-order valence-electron chi connectivity index (χ2n) is 8.84. The van der Waals surface area contributed by atoms with Crippen LogP contribution in [0.15, 0.2) is 42.5 Å². The fourth-order valence-corrected chi connectivity index (χ4v) is 4.84. The highest BCUT2D eigenvalue weighted by Gasteiger charge is 2.36. The number of hydrogen-bond donors (Lipinski definition) is 1. The molecule has 0 aromatic heterocycles. The Morgan fingerprint density at radius 2 is 1.89 bits per heavy atom. The largest absolute Gasteiger partial charge is 0.497 e. The molecule has 0 amide bonds. The summed E-state index contributed by atoms with van der Waals surface area (Å²) in [6.45, 7) is 5.51. The lowest BCUT2D eigenvalue weighted by molar-refractivity contribution is -0.0528. The van der Waals surface area contributed by atoms with Gasteiger partial charge >= 0.3 is 0 Å². The number of nitrogens with one attached hydrogen (secondary N) is 1. The fraction of sp³-hybridized carbons (Fsp3) is 0.500. The normalized spacial score (nSPS) is 21.6. The van der Waals surface area contributed by atoms with Crippen LogP contribution in [0.25, 0.3) is 0 Å². The summed E-state index contributed by atoms with van der Waals surface area (Å²) < 4.78 is 29.0. The molecule has 0 aliphatic carbocycles. The van der Waals surface area contributed by atoms with Gasteiger partial charge in [-0.25, -0.2) is 0 Å². The predicted octanol–water partition coefficient (Wildman–Crippen LogP) is 3.22. The SMILES string of the molecule is C#CCO[C@@H]1CNC[C@H](OCc2ccc3c(c2)N(CCCOC)CCO3)[C@@H]1c1ccc(OC)cc1. The number of nitrogens with zero attached hydrogens (tertiary/aromatic N) is 1. The van der Waals surface area contributed by atoms with Crippen molar-refractivity contribution in [2.75, 3.05) is 65.1 Å². The molecule has 2 aromatic carbocycles. The molecule has 4 rings (SSSR count). The maximum Gasteiger partial charge on any atom is 0.142 e. The molecule has 7 nitrogen and oxygen atoms in total. The van der Waals surface area contributed by atoms with Gasteiger partial charge in [0, 0.05) is 39.3 Å². The Kier molecular flexibility index (Phi) is 9.27. The van der Waals surface area contributed by atoms with E-state index in [9.17, 15) is 0 Å². The van der Waals surface area contributed by atoms with Gasteiger partial charge in [-0.1, -0.05) is 24.1 Å². The van der Waals surface area contributed by atoms with Gasteiger partial charge in [-0.05, 0) is 41.8 Å². The maximum absolute atomic E-state index is 6.52. The van der Waals surface area contributed by atoms with Gasteiger partial charge in [0.05, 0.1) is 38.2 Å². The summed E-state index contributed by atoms with van der Waals surface area (Å²) in [5, 5.41) is 3.45. The molecule has 0 unspecified atom stereocenters. The van der Waals surface area contributed by atoms with Crippen LogP contribution < -0.4 is 19.7 Å². The van der Waals surface area contributed by atoms with E-state index in [2.05, 4.69) is 46.5 Å². The number of rotatable bonds is 11. The number of terminal acetylenes is 1. The van der Waals surface area contributed by atoms with Crippen LogP contribution in [-0.4, -0.2) is 72.4 Å². The standard InChI is InChI=1S/C28H36N2O5/c1-4-14-33-26-18-29-19-27(28(26)22-7-9-23(32-3)10-8-22)35-20-21-6-11-25-24(17-21)30(13-16-34-25)12-5-15-31-2/h1,6-11,17,26-29H,5,12-16,18-20H2,2-3H3/t26-,27+,28-/m1/s1. The first-order chi connectivity index (χ1) is 17.2. The Morgan fingerprint density at radius 1 is 1.09 bits per heavy atom. The number of benzene rings is 2. The van der Waals surface area contributed by atoms with E-state index in [1.165, 1.54) is 0 Å². The van der Waals surface area contributed by atoms with Crippen molar-refractivity contribution in [3.8, 4) is 23.8 Å². The Bertz CT molecular complexity index is 974. The predicted molar refractivity (Wildman–Crippen MR) is 136 cm³/mol. The highest BCUT2D eigenvalue weighted by Crippen LogP contribution is 2.35. The minimum atomic E-state index is -0.0774. The third-order valence-electron chi connectivity index (χ3n) is 6.60. The quantitative estimate of drug-likeness (QED) is 0.391. The molecule has 1 fully saturated rings. The van der Waals surface area contributed by atoms with Crippen LogP contribution >= 0.6 is 0 Å². The number of anilines is 1. The Hall–Kier alpha value is -2.76. The number of fused-ring (bicyclic) bond motifs is 1. The van der Waals surface area contributed by atoms with Gasteiger partial charge in [0.25, 0.3) is 0 Å². The van der Waals surface area contributed by atoms with Crippen molar-refractivity contribution >= 4 is 5.69 Å². The van der Waals surface area contributed by atoms with Gasteiger partial charge in [0.15, 0.2) is 0 Å². The van der Waals surface area contributed by atoms with E-state index in [-0.39, 0.29) is 24.7 Å². The lowest BCUT2D eigenvalue weighted by Crippen LogP contribution is -2.50. The van der Waals surface area contributed by atoms with Crippen LogP contribution in [0, 0.1) is 12.3 Å². The Labute approximate surface area is 208 Å². The average Bonchev–Trinajstić information content (AvgIpc) is 2.91. The van der Waals surface area contributed by atoms with Crippen LogP contribution in [0.4, 0.5) is 5.69 Å². The van der Waals surface area contributed by atoms with Crippen molar-refractivity contribution in [1.29, 1.82) is 0 Å². The third-order valence-corrected chi connectivity index (χ3v) is 6.60. The average molecular weight is 481 g/mol. The van der Waals surface area contributed by atoms with Gasteiger partial charge in [-0.2, -0.15) is 0 Å². The molecule has 0 saturated carbocycles. The number of methoxy groups -OCH3 is 2. The summed E-state index contributed by atoms with van der Waals surface area (Å²) in [7, 11) is 3.41. The summed E-state index contributed by atoms with van der Waals surface area (Å²) >= 11 is 0. The topological polar surface area (TPSA) is 61.4 Å². The van der Waals surface area contributed by atoms with Gasteiger partial charge < -0.3 is 33.9 Å². The Morgan fingerprint density at radius 3 is 2.63 bits per heavy atom. The fourth-order valence-electron chi connectivity index (χ4n) is 4.84. The van der Waals surface area contributed by atoms with Gasteiger partial charge in [0.1, 0.15) is 24.7 Å². The molecule has 0 radical (unpaired) electrons. The van der Waals surface area contributed by atoms with Gasteiger partial charge in [-0.3, -0.25) is 0 Å². The van der Waals surface area contributed by atoms with E-state index >= 15 is 0 Å². The summed E-state index contributed by atoms with van der Waals surface area (Å²) in [6, 6.07) is 14.5. The number of ether oxygens (including phenoxy) is 5. The van der Waals surface area contributed by atoms with Crippen LogP contribution in [0.3, 0.4) is 0 Å². The van der Waals surface area contributed by atoms with Crippen molar-refractivity contribution in [2.24, 2.45) is 0 Å². The monoisotopic (exact) mass is 480 g/mol. The molecule has 188 valence electrons. The zero-order chi connectivity index (χ0) is 24.5. The minimum Gasteiger partial charge on any atom is -0.497 e. The third kappa shape index (κ3) is 6.47. The van der Waals surface area contributed by atoms with Crippen LogP contribution in [0.5, 0.6) is 11.5 Å². The molecule has 3 atom stereocenters. The van der Waals surface area contributed by atoms with Crippen molar-refractivity contribution < 1.29 is 23.7 Å². The van der Waals surface area contributed by atoms with Gasteiger partial charge in [0.2, 0.25) is 0 Å². The molecular formula is C28H36N2O5. The highest BCUT2D eigenvalue weighted by atomic mass is 16.5. The molecule has 35 heavy (non-hydrogen) atoms. The molecule has 2 aliphatic rings. The molecule has 0 spiro atoms. The van der Waals surface area contributed by atoms with Crippen molar-refractivity contribution in [1.82, 2.24) is 5.32 Å². The second-order valence-corrected chi connectivity index (χ2v) is 8.84. The molecule has 1 N–H and O–H groups in total. The van der Waals surface area contributed by atoms with Crippen LogP contribution in [0.1, 0.15) is 23.5 Å². The van der Waals surface area contributed by atoms with E-state index in [0.717, 1.165) is 67.5 Å². The van der Waals surface area contributed by atoms with E-state index in [0.29, 0.717) is 13.2 Å². The first-order valence-corrected chi connectivity index (χ1v) is 12.2. The van der Waals surface area contributed by atoms with E-state index in [1.54, 1.807) is 14.2 Å². The summed E-state index contributed by atoms with van der Waals surface area (Å²) in [5.74, 6) is 4.40. The lowest BCUT2D eigenvalue weighted by atomic mass is 9.85. The molecule has 1 saturated heterocycles. The molecule has 0 bridgehead atoms. The van der Waals surface area contributed by atoms with E-state index < -0.39 is 0 Å². The van der Waals surface area contributed by atoms with Crippen molar-refractivity contribution in [3.63, 3.8) is 0 Å². The van der Waals surface area contributed by atoms with Crippen LogP contribution in [-0.2, 0) is 20.8 Å². The first kappa shape index (κ1) is 25.3. The number of hydrogen-bond acceptors (Lipinski definition) is 7. The Balaban J connectivity index is 1.48. The molecule has 2 aliphatic heterocycles. The number of piperidine rings is 1. The molecule has 7 heteroatoms. The lowest BCUT2D eigenvalue weighted by Gasteiger charge is -2.38. The van der Waals surface area contributed by atoms with Crippen molar-refractivity contribution in [2.45, 2.75) is 31.2 Å². The summed E-state index contributed by atoms with van der Waals surface area (Å²) in [4.78, 5) is 2.37. The first-order valence-electron chi connectivity index (χ1n) is 12.2. The second kappa shape index (κ2) is 12.8. The van der Waals surface area contributed by atoms with Crippen LogP contribution in [0.2, 0.25) is 0 Å². The zero-order valence-corrected chi connectivity index (χ0v) is 20.7. The zero-order valence-electron chi connectivity index (χ0n) is 20.7. The highest BCUT2D eigenvalue weighted by molar-refractivity contribution is 5.61. The van der Waals surface area contributed by atoms with E-state index in [4.69, 9.17) is 30.1 Å². The summed E-state index contributed by atoms with van der Waals surface area (Å²) in [5.41, 5.74) is 3.39. The van der Waals surface area contributed by atoms with Gasteiger partial charge in [-0.15, -0.1) is 6.42 Å².